The number of nitrogens with zero attached hydrogens (tertiary/aromatic N) is 1. The Kier molecular flexibility index (Phi) is 4.22. The van der Waals surface area contributed by atoms with E-state index in [1.165, 1.54) is 10.9 Å². The molecule has 1 aromatic carbocycles. The number of aliphatic carboxylic acids is 1. The van der Waals surface area contributed by atoms with E-state index < -0.39 is 12.1 Å². The van der Waals surface area contributed by atoms with Gasteiger partial charge in [0, 0.05) is 36.7 Å². The molecule has 0 saturated heterocycles. The number of ether oxygens (including phenoxy) is 1. The first-order valence-corrected chi connectivity index (χ1v) is 6.52. The van der Waals surface area contributed by atoms with Crippen LogP contribution in [0.25, 0.3) is 10.9 Å². The first-order valence-electron chi connectivity index (χ1n) is 6.52. The highest BCUT2D eigenvalue weighted by atomic mass is 16.5. The molecular weight excluding hydrogens is 242 g/mol. The van der Waals surface area contributed by atoms with Crippen LogP contribution in [0.3, 0.4) is 0 Å². The van der Waals surface area contributed by atoms with Crippen molar-refractivity contribution in [3.63, 3.8) is 0 Å². The van der Waals surface area contributed by atoms with Gasteiger partial charge in [0.2, 0.25) is 0 Å². The maximum absolute atomic E-state index is 11.0. The number of rotatable bonds is 6. The smallest absolute Gasteiger partial charge is 0.332 e. The molecule has 0 bridgehead atoms. The summed E-state index contributed by atoms with van der Waals surface area (Å²) in [6.45, 7) is 4.95. The third-order valence-corrected chi connectivity index (χ3v) is 3.31. The molecule has 1 heterocycles. The Morgan fingerprint density at radius 1 is 1.42 bits per heavy atom. The number of benzene rings is 1. The Balaban J connectivity index is 2.13. The summed E-state index contributed by atoms with van der Waals surface area (Å²) in [5.74, 6) is -0.894. The topological polar surface area (TPSA) is 51.5 Å². The largest absolute Gasteiger partial charge is 0.479 e. The molecule has 4 heteroatoms. The van der Waals surface area contributed by atoms with Gasteiger partial charge in [-0.3, -0.25) is 0 Å². The first kappa shape index (κ1) is 13.6. The van der Waals surface area contributed by atoms with Crippen molar-refractivity contribution in [2.75, 3.05) is 6.61 Å². The maximum Gasteiger partial charge on any atom is 0.332 e. The predicted octanol–water partition coefficient (Wildman–Crippen LogP) is 2.83. The molecule has 0 aliphatic rings. The van der Waals surface area contributed by atoms with Crippen LogP contribution in [-0.4, -0.2) is 28.4 Å². The highest BCUT2D eigenvalue weighted by Gasteiger charge is 2.17. The third-order valence-electron chi connectivity index (χ3n) is 3.31. The van der Waals surface area contributed by atoms with Gasteiger partial charge in [0.25, 0.3) is 0 Å². The maximum atomic E-state index is 11.0. The van der Waals surface area contributed by atoms with Crippen LogP contribution in [0.2, 0.25) is 0 Å². The van der Waals surface area contributed by atoms with Crippen LogP contribution in [-0.2, 0) is 16.1 Å². The fraction of sp³-hybridized carbons (Fsp3) is 0.400. The van der Waals surface area contributed by atoms with E-state index in [9.17, 15) is 4.79 Å². The molecule has 0 amide bonds. The molecule has 102 valence electrons. The molecule has 1 atom stereocenters. The van der Waals surface area contributed by atoms with Gasteiger partial charge in [0.05, 0.1) is 0 Å². The van der Waals surface area contributed by atoms with Gasteiger partial charge in [-0.25, -0.2) is 4.79 Å². The summed E-state index contributed by atoms with van der Waals surface area (Å²) in [7, 11) is 0. The number of hydrogen-bond donors (Lipinski definition) is 1. The van der Waals surface area contributed by atoms with Gasteiger partial charge in [-0.15, -0.1) is 0 Å². The highest BCUT2D eigenvalue weighted by molar-refractivity contribution is 5.83. The van der Waals surface area contributed by atoms with Crippen LogP contribution in [0.5, 0.6) is 0 Å². The Morgan fingerprint density at radius 2 is 2.21 bits per heavy atom. The molecule has 1 N–H and O–H groups in total. The summed E-state index contributed by atoms with van der Waals surface area (Å²) in [6.07, 6.45) is 1.75. The van der Waals surface area contributed by atoms with Crippen molar-refractivity contribution in [2.24, 2.45) is 0 Å². The van der Waals surface area contributed by atoms with Gasteiger partial charge < -0.3 is 14.4 Å². The fourth-order valence-corrected chi connectivity index (χ4v) is 2.31. The van der Waals surface area contributed by atoms with Gasteiger partial charge >= 0.3 is 5.97 Å². The number of carboxylic acid groups (broad SMARTS) is 1. The zero-order valence-electron chi connectivity index (χ0n) is 11.3. The minimum atomic E-state index is -0.894. The zero-order chi connectivity index (χ0) is 13.8. The van der Waals surface area contributed by atoms with E-state index in [1.54, 1.807) is 0 Å². The van der Waals surface area contributed by atoms with Crippen molar-refractivity contribution in [2.45, 2.75) is 32.9 Å². The predicted molar refractivity (Wildman–Crippen MR) is 74.3 cm³/mol. The van der Waals surface area contributed by atoms with Crippen LogP contribution >= 0.6 is 0 Å². The van der Waals surface area contributed by atoms with Gasteiger partial charge in [-0.1, -0.05) is 12.1 Å². The van der Waals surface area contributed by atoms with E-state index in [0.29, 0.717) is 19.6 Å². The van der Waals surface area contributed by atoms with Crippen molar-refractivity contribution < 1.29 is 14.6 Å². The Labute approximate surface area is 112 Å². The second-order valence-corrected chi connectivity index (χ2v) is 4.59. The molecular formula is C15H19NO3. The molecule has 0 aliphatic carbocycles. The molecule has 0 aliphatic heterocycles. The molecule has 1 aromatic heterocycles. The molecule has 0 spiro atoms. The number of aromatic nitrogens is 1. The molecule has 0 radical (unpaired) electrons. The normalized spacial score (nSPS) is 12.7. The first-order chi connectivity index (χ1) is 9.13. The third kappa shape index (κ3) is 2.96. The monoisotopic (exact) mass is 261 g/mol. The minimum absolute atomic E-state index is 0.419. The van der Waals surface area contributed by atoms with E-state index in [1.807, 2.05) is 19.2 Å². The Bertz CT molecular complexity index is 574. The zero-order valence-corrected chi connectivity index (χ0v) is 11.3. The fourth-order valence-electron chi connectivity index (χ4n) is 2.31. The summed E-state index contributed by atoms with van der Waals surface area (Å²) in [5, 5.41) is 10.3. The quantitative estimate of drug-likeness (QED) is 0.870. The van der Waals surface area contributed by atoms with Crippen molar-refractivity contribution in [3.05, 3.63) is 36.0 Å². The minimum Gasteiger partial charge on any atom is -0.479 e. The van der Waals surface area contributed by atoms with Crippen LogP contribution < -0.4 is 0 Å². The Hall–Kier alpha value is -1.81. The van der Waals surface area contributed by atoms with Crippen molar-refractivity contribution >= 4 is 16.9 Å². The van der Waals surface area contributed by atoms with Gasteiger partial charge in [0.15, 0.2) is 6.10 Å². The van der Waals surface area contributed by atoms with E-state index in [-0.39, 0.29) is 0 Å². The number of carboxylic acids is 1. The van der Waals surface area contributed by atoms with Crippen molar-refractivity contribution in [1.82, 2.24) is 4.57 Å². The molecule has 0 saturated carbocycles. The molecule has 4 nitrogen and oxygen atoms in total. The lowest BCUT2D eigenvalue weighted by Crippen LogP contribution is -2.25. The summed E-state index contributed by atoms with van der Waals surface area (Å²) in [4.78, 5) is 11.0. The number of carbonyl (C=O) groups is 1. The number of aryl methyl sites for hydroxylation is 2. The number of fused-ring (bicyclic) bond motifs is 1. The van der Waals surface area contributed by atoms with E-state index in [2.05, 4.69) is 29.7 Å². The highest BCUT2D eigenvalue weighted by Crippen LogP contribution is 2.20. The number of hydrogen-bond acceptors (Lipinski definition) is 2. The van der Waals surface area contributed by atoms with Crippen LogP contribution in [0, 0.1) is 6.92 Å². The average Bonchev–Trinajstić information content (AvgIpc) is 2.79. The second kappa shape index (κ2) is 5.89. The molecule has 2 aromatic rings. The lowest BCUT2D eigenvalue weighted by Gasteiger charge is -2.13. The van der Waals surface area contributed by atoms with Crippen LogP contribution in [0.1, 0.15) is 18.9 Å². The van der Waals surface area contributed by atoms with Gasteiger partial charge in [0.1, 0.15) is 0 Å². The average molecular weight is 261 g/mol. The van der Waals surface area contributed by atoms with Crippen molar-refractivity contribution in [1.29, 1.82) is 0 Å². The molecule has 19 heavy (non-hydrogen) atoms. The van der Waals surface area contributed by atoms with E-state index >= 15 is 0 Å². The second-order valence-electron chi connectivity index (χ2n) is 4.59. The van der Waals surface area contributed by atoms with Crippen LogP contribution in [0.4, 0.5) is 0 Å². The van der Waals surface area contributed by atoms with E-state index in [0.717, 1.165) is 5.52 Å². The lowest BCUT2D eigenvalue weighted by molar-refractivity contribution is -0.150. The van der Waals surface area contributed by atoms with Crippen LogP contribution in [0.15, 0.2) is 30.5 Å². The SMILES string of the molecule is CCOC(CCn1ccc2c(C)cccc21)C(=O)O. The van der Waals surface area contributed by atoms with Crippen molar-refractivity contribution in [3.8, 4) is 0 Å². The molecule has 1 unspecified atom stereocenters. The van der Waals surface area contributed by atoms with E-state index in [4.69, 9.17) is 9.84 Å². The Morgan fingerprint density at radius 3 is 2.89 bits per heavy atom. The summed E-state index contributed by atoms with van der Waals surface area (Å²) < 4.78 is 7.31. The standard InChI is InChI=1S/C15H19NO3/c1-3-19-14(15(17)18)8-10-16-9-7-12-11(2)5-4-6-13(12)16/h4-7,9,14H,3,8,10H2,1-2H3,(H,17,18). The summed E-state index contributed by atoms with van der Waals surface area (Å²) >= 11 is 0. The molecule has 0 fully saturated rings. The van der Waals surface area contributed by atoms with Gasteiger partial charge in [-0.05, 0) is 31.5 Å². The lowest BCUT2D eigenvalue weighted by atomic mass is 10.1. The summed E-state index contributed by atoms with van der Waals surface area (Å²) in [6, 6.07) is 8.22. The summed E-state index contributed by atoms with van der Waals surface area (Å²) in [5.41, 5.74) is 2.37. The molecule has 2 rings (SSSR count). The van der Waals surface area contributed by atoms with Gasteiger partial charge in [-0.2, -0.15) is 0 Å².